The fourth-order valence-corrected chi connectivity index (χ4v) is 2.09. The van der Waals surface area contributed by atoms with E-state index in [-0.39, 0.29) is 10.8 Å². The molecule has 2 N–H and O–H groups in total. The monoisotopic (exact) mass is 301 g/mol. The van der Waals surface area contributed by atoms with E-state index in [1.54, 1.807) is 18.2 Å². The summed E-state index contributed by atoms with van der Waals surface area (Å²) in [4.78, 5) is 16.2. The van der Waals surface area contributed by atoms with Gasteiger partial charge in [0.05, 0.1) is 10.9 Å². The van der Waals surface area contributed by atoms with E-state index in [1.807, 2.05) is 0 Å². The summed E-state index contributed by atoms with van der Waals surface area (Å²) >= 11 is 9.24. The first-order valence-corrected chi connectivity index (χ1v) is 5.86. The maximum Gasteiger partial charge on any atom is 0.262 e. The second kappa shape index (κ2) is 4.53. The zero-order chi connectivity index (χ0) is 11.7. The minimum atomic E-state index is -0.159. The minimum Gasteiger partial charge on any atom is -0.329 e. The fraction of sp³-hybridized carbons (Fsp3) is 0.200. The molecule has 0 aliphatic rings. The minimum absolute atomic E-state index is 0.159. The lowest BCUT2D eigenvalue weighted by molar-refractivity contribution is 0.675. The zero-order valence-corrected chi connectivity index (χ0v) is 10.6. The summed E-state index contributed by atoms with van der Waals surface area (Å²) in [6, 6.07) is 5.28. The number of hydrogen-bond donors (Lipinski definition) is 1. The number of fused-ring (bicyclic) bond motifs is 1. The fourth-order valence-electron chi connectivity index (χ4n) is 1.49. The van der Waals surface area contributed by atoms with E-state index < -0.39 is 0 Å². The van der Waals surface area contributed by atoms with Crippen LogP contribution in [0.25, 0.3) is 10.9 Å². The third-order valence-electron chi connectivity index (χ3n) is 2.22. The van der Waals surface area contributed by atoms with Crippen LogP contribution in [0.4, 0.5) is 0 Å². The predicted molar refractivity (Wildman–Crippen MR) is 67.8 cm³/mol. The SMILES string of the molecule is NCCn1c(Cl)nc2cc(Br)ccc2c1=O. The summed E-state index contributed by atoms with van der Waals surface area (Å²) in [7, 11) is 0. The Balaban J connectivity index is 2.78. The second-order valence-corrected chi connectivity index (χ2v) is 4.54. The van der Waals surface area contributed by atoms with E-state index in [2.05, 4.69) is 20.9 Å². The molecular weight excluding hydrogens is 293 g/mol. The summed E-state index contributed by atoms with van der Waals surface area (Å²) in [5, 5.41) is 0.710. The van der Waals surface area contributed by atoms with Gasteiger partial charge in [0, 0.05) is 17.6 Å². The molecule has 0 saturated heterocycles. The van der Waals surface area contributed by atoms with Crippen molar-refractivity contribution in [2.45, 2.75) is 6.54 Å². The predicted octanol–water partition coefficient (Wildman–Crippen LogP) is 1.77. The summed E-state index contributed by atoms with van der Waals surface area (Å²) in [5.74, 6) is 0. The molecule has 1 aromatic heterocycles. The molecule has 0 fully saturated rings. The van der Waals surface area contributed by atoms with Crippen LogP contribution < -0.4 is 11.3 Å². The Bertz CT molecular complexity index is 596. The number of hydrogen-bond acceptors (Lipinski definition) is 3. The molecule has 6 heteroatoms. The lowest BCUT2D eigenvalue weighted by Gasteiger charge is -2.07. The molecule has 0 aliphatic carbocycles. The summed E-state index contributed by atoms with van der Waals surface area (Å²) < 4.78 is 2.23. The van der Waals surface area contributed by atoms with Gasteiger partial charge in [-0.2, -0.15) is 0 Å². The maximum atomic E-state index is 12.0. The Labute approximate surface area is 105 Å². The van der Waals surface area contributed by atoms with Crippen molar-refractivity contribution < 1.29 is 0 Å². The first-order valence-electron chi connectivity index (χ1n) is 4.69. The normalized spacial score (nSPS) is 10.9. The van der Waals surface area contributed by atoms with Crippen molar-refractivity contribution in [2.24, 2.45) is 5.73 Å². The topological polar surface area (TPSA) is 60.9 Å². The van der Waals surface area contributed by atoms with E-state index in [0.717, 1.165) is 4.47 Å². The molecule has 0 unspecified atom stereocenters. The third kappa shape index (κ3) is 1.98. The van der Waals surface area contributed by atoms with E-state index in [0.29, 0.717) is 24.0 Å². The van der Waals surface area contributed by atoms with Crippen LogP contribution in [0, 0.1) is 0 Å². The van der Waals surface area contributed by atoms with Crippen molar-refractivity contribution in [3.8, 4) is 0 Å². The van der Waals surface area contributed by atoms with Crippen molar-refractivity contribution in [3.05, 3.63) is 38.3 Å². The van der Waals surface area contributed by atoms with Crippen LogP contribution in [0.2, 0.25) is 5.28 Å². The van der Waals surface area contributed by atoms with Gasteiger partial charge < -0.3 is 5.73 Å². The number of nitrogens with zero attached hydrogens (tertiary/aromatic N) is 2. The van der Waals surface area contributed by atoms with Crippen molar-refractivity contribution >= 4 is 38.4 Å². The van der Waals surface area contributed by atoms with E-state index in [1.165, 1.54) is 4.57 Å². The van der Waals surface area contributed by atoms with E-state index >= 15 is 0 Å². The van der Waals surface area contributed by atoms with Crippen LogP contribution >= 0.6 is 27.5 Å². The van der Waals surface area contributed by atoms with Gasteiger partial charge in [0.1, 0.15) is 0 Å². The molecule has 2 aromatic rings. The van der Waals surface area contributed by atoms with Crippen LogP contribution in [0.1, 0.15) is 0 Å². The second-order valence-electron chi connectivity index (χ2n) is 3.29. The smallest absolute Gasteiger partial charge is 0.262 e. The number of nitrogens with two attached hydrogens (primary N) is 1. The molecule has 4 nitrogen and oxygen atoms in total. The molecule has 0 spiro atoms. The average molecular weight is 303 g/mol. The Morgan fingerprint density at radius 3 is 2.94 bits per heavy atom. The zero-order valence-electron chi connectivity index (χ0n) is 8.28. The van der Waals surface area contributed by atoms with Crippen molar-refractivity contribution in [3.63, 3.8) is 0 Å². The first kappa shape index (κ1) is 11.6. The summed E-state index contributed by atoms with van der Waals surface area (Å²) in [6.45, 7) is 0.722. The van der Waals surface area contributed by atoms with Crippen LogP contribution in [-0.2, 0) is 6.54 Å². The molecule has 0 bridgehead atoms. The molecule has 0 atom stereocenters. The lowest BCUT2D eigenvalue weighted by Crippen LogP contribution is -2.25. The van der Waals surface area contributed by atoms with Crippen molar-refractivity contribution in [1.82, 2.24) is 9.55 Å². The van der Waals surface area contributed by atoms with Gasteiger partial charge in [-0.15, -0.1) is 0 Å². The first-order chi connectivity index (χ1) is 7.63. The average Bonchev–Trinajstić information content (AvgIpc) is 2.23. The number of benzene rings is 1. The van der Waals surface area contributed by atoms with Gasteiger partial charge in [-0.25, -0.2) is 4.98 Å². The van der Waals surface area contributed by atoms with Gasteiger partial charge in [0.25, 0.3) is 5.56 Å². The summed E-state index contributed by atoms with van der Waals surface area (Å²) in [5.41, 5.74) is 5.83. The molecule has 0 saturated carbocycles. The number of rotatable bonds is 2. The van der Waals surface area contributed by atoms with Gasteiger partial charge in [0.15, 0.2) is 0 Å². The van der Waals surface area contributed by atoms with Crippen LogP contribution in [0.15, 0.2) is 27.5 Å². The van der Waals surface area contributed by atoms with Crippen molar-refractivity contribution in [2.75, 3.05) is 6.54 Å². The Hall–Kier alpha value is -0.910. The number of halogens is 2. The molecule has 0 radical (unpaired) electrons. The standard InChI is InChI=1S/C10H9BrClN3O/c11-6-1-2-7-8(5-6)14-10(12)15(4-3-13)9(7)16/h1-2,5H,3-4,13H2. The lowest BCUT2D eigenvalue weighted by atomic mass is 10.2. The van der Waals surface area contributed by atoms with Crippen molar-refractivity contribution in [1.29, 1.82) is 0 Å². The third-order valence-corrected chi connectivity index (χ3v) is 3.01. The molecule has 1 heterocycles. The highest BCUT2D eigenvalue weighted by atomic mass is 79.9. The maximum absolute atomic E-state index is 12.0. The van der Waals surface area contributed by atoms with Crippen LogP contribution in [0.3, 0.4) is 0 Å². The highest BCUT2D eigenvalue weighted by Crippen LogP contribution is 2.17. The highest BCUT2D eigenvalue weighted by molar-refractivity contribution is 9.10. The van der Waals surface area contributed by atoms with E-state index in [9.17, 15) is 4.79 Å². The summed E-state index contributed by atoms with van der Waals surface area (Å²) in [6.07, 6.45) is 0. The van der Waals surface area contributed by atoms with E-state index in [4.69, 9.17) is 17.3 Å². The Morgan fingerprint density at radius 1 is 1.50 bits per heavy atom. The van der Waals surface area contributed by atoms with Gasteiger partial charge in [-0.05, 0) is 29.8 Å². The highest BCUT2D eigenvalue weighted by Gasteiger charge is 2.08. The van der Waals surface area contributed by atoms with Crippen LogP contribution in [0.5, 0.6) is 0 Å². The van der Waals surface area contributed by atoms with Gasteiger partial charge in [-0.1, -0.05) is 15.9 Å². The quantitative estimate of drug-likeness (QED) is 0.860. The number of aromatic nitrogens is 2. The molecule has 2 rings (SSSR count). The molecule has 0 amide bonds. The Kier molecular flexibility index (Phi) is 3.28. The van der Waals surface area contributed by atoms with Crippen LogP contribution in [-0.4, -0.2) is 16.1 Å². The van der Waals surface area contributed by atoms with Gasteiger partial charge >= 0.3 is 0 Å². The molecule has 16 heavy (non-hydrogen) atoms. The van der Waals surface area contributed by atoms with Gasteiger partial charge in [-0.3, -0.25) is 9.36 Å². The Morgan fingerprint density at radius 2 is 2.25 bits per heavy atom. The van der Waals surface area contributed by atoms with Gasteiger partial charge in [0.2, 0.25) is 5.28 Å². The largest absolute Gasteiger partial charge is 0.329 e. The molecule has 1 aromatic carbocycles. The molecule has 0 aliphatic heterocycles. The molecular formula is C10H9BrClN3O. The molecule has 84 valence electrons.